The summed E-state index contributed by atoms with van der Waals surface area (Å²) in [7, 11) is 0.724. The van der Waals surface area contributed by atoms with E-state index in [0.717, 1.165) is 10.6 Å². The summed E-state index contributed by atoms with van der Waals surface area (Å²) in [6, 6.07) is 10.4. The number of nitrogens with zero attached hydrogens (tertiary/aromatic N) is 1. The Bertz CT molecular complexity index is 928. The van der Waals surface area contributed by atoms with Crippen molar-refractivity contribution in [2.45, 2.75) is 13.0 Å². The first-order valence-corrected chi connectivity index (χ1v) is 10.2. The van der Waals surface area contributed by atoms with Gasteiger partial charge in [0, 0.05) is 11.8 Å². The number of benzene rings is 2. The zero-order valence-electron chi connectivity index (χ0n) is 16.4. The Labute approximate surface area is 165 Å². The molecule has 2 rings (SSSR count). The van der Waals surface area contributed by atoms with E-state index in [0.29, 0.717) is 22.9 Å². The van der Waals surface area contributed by atoms with E-state index < -0.39 is 22.0 Å². The third kappa shape index (κ3) is 4.86. The zero-order valence-corrected chi connectivity index (χ0v) is 17.2. The van der Waals surface area contributed by atoms with Crippen LogP contribution in [-0.2, 0) is 14.8 Å². The van der Waals surface area contributed by atoms with Crippen LogP contribution < -0.4 is 23.8 Å². The Hall–Kier alpha value is -2.94. The van der Waals surface area contributed by atoms with E-state index in [1.807, 2.05) is 0 Å². The number of hydrogen-bond donors (Lipinski definition) is 1. The Morgan fingerprint density at radius 2 is 1.57 bits per heavy atom. The molecule has 1 N–H and O–H groups in total. The van der Waals surface area contributed by atoms with Crippen molar-refractivity contribution in [3.05, 3.63) is 42.5 Å². The molecule has 1 amide bonds. The lowest BCUT2D eigenvalue weighted by atomic mass is 10.2. The minimum absolute atomic E-state index is 0.289. The molecule has 0 bridgehead atoms. The molecule has 0 saturated heterocycles. The van der Waals surface area contributed by atoms with E-state index >= 15 is 0 Å². The van der Waals surface area contributed by atoms with Gasteiger partial charge < -0.3 is 19.5 Å². The minimum Gasteiger partial charge on any atom is -0.497 e. The van der Waals surface area contributed by atoms with Gasteiger partial charge in [-0.1, -0.05) is 0 Å². The number of carbonyl (C=O) groups excluding carboxylic acids is 1. The number of amides is 1. The molecule has 0 saturated carbocycles. The summed E-state index contributed by atoms with van der Waals surface area (Å²) in [5.74, 6) is 0.978. The molecule has 152 valence electrons. The number of nitrogens with one attached hydrogen (secondary N) is 1. The molecule has 0 aliphatic carbocycles. The van der Waals surface area contributed by atoms with Gasteiger partial charge in [0.25, 0.3) is 0 Å². The molecule has 1 atom stereocenters. The van der Waals surface area contributed by atoms with Crippen LogP contribution in [-0.4, -0.2) is 48.0 Å². The summed E-state index contributed by atoms with van der Waals surface area (Å²) in [6.07, 6.45) is 1.04. The molecule has 0 unspecified atom stereocenters. The first-order chi connectivity index (χ1) is 13.2. The molecule has 0 radical (unpaired) electrons. The maximum Gasteiger partial charge on any atom is 0.247 e. The zero-order chi connectivity index (χ0) is 20.9. The molecular weight excluding hydrogens is 384 g/mol. The average molecular weight is 408 g/mol. The van der Waals surface area contributed by atoms with Crippen molar-refractivity contribution in [3.8, 4) is 17.2 Å². The maximum atomic E-state index is 12.7. The fraction of sp³-hybridized carbons (Fsp3) is 0.316. The highest BCUT2D eigenvalue weighted by Gasteiger charge is 2.30. The summed E-state index contributed by atoms with van der Waals surface area (Å²) >= 11 is 0. The van der Waals surface area contributed by atoms with Gasteiger partial charge in [-0.3, -0.25) is 9.10 Å². The Kier molecular flexibility index (Phi) is 6.74. The highest BCUT2D eigenvalue weighted by molar-refractivity contribution is 7.92. The van der Waals surface area contributed by atoms with Gasteiger partial charge in [0.2, 0.25) is 15.9 Å². The van der Waals surface area contributed by atoms with E-state index in [9.17, 15) is 13.2 Å². The quantitative estimate of drug-likeness (QED) is 0.721. The fourth-order valence-electron chi connectivity index (χ4n) is 2.69. The van der Waals surface area contributed by atoms with Crippen LogP contribution in [0.2, 0.25) is 0 Å². The predicted octanol–water partition coefficient (Wildman–Crippen LogP) is 2.51. The van der Waals surface area contributed by atoms with Crippen LogP contribution >= 0.6 is 0 Å². The fourth-order valence-corrected chi connectivity index (χ4v) is 3.86. The number of methoxy groups -OCH3 is 3. The maximum absolute atomic E-state index is 12.7. The molecular formula is C19H24N2O6S. The molecule has 0 aromatic heterocycles. The average Bonchev–Trinajstić information content (AvgIpc) is 2.67. The van der Waals surface area contributed by atoms with Crippen molar-refractivity contribution in [1.29, 1.82) is 0 Å². The first kappa shape index (κ1) is 21.4. The summed E-state index contributed by atoms with van der Waals surface area (Å²) in [5.41, 5.74) is 0.816. The van der Waals surface area contributed by atoms with Crippen molar-refractivity contribution < 1.29 is 27.4 Å². The number of rotatable bonds is 8. The third-order valence-corrected chi connectivity index (χ3v) is 5.31. The van der Waals surface area contributed by atoms with Gasteiger partial charge >= 0.3 is 0 Å². The van der Waals surface area contributed by atoms with Gasteiger partial charge in [0.05, 0.1) is 33.3 Å². The van der Waals surface area contributed by atoms with Gasteiger partial charge in [-0.15, -0.1) is 0 Å². The van der Waals surface area contributed by atoms with Gasteiger partial charge in [-0.25, -0.2) is 8.42 Å². The largest absolute Gasteiger partial charge is 0.497 e. The normalized spacial score (nSPS) is 12.0. The number of carbonyl (C=O) groups is 1. The van der Waals surface area contributed by atoms with Crippen LogP contribution in [0, 0.1) is 0 Å². The van der Waals surface area contributed by atoms with Crippen molar-refractivity contribution >= 4 is 27.3 Å². The molecule has 2 aromatic rings. The molecule has 0 heterocycles. The van der Waals surface area contributed by atoms with E-state index in [1.165, 1.54) is 27.2 Å². The second kappa shape index (κ2) is 8.83. The van der Waals surface area contributed by atoms with Crippen molar-refractivity contribution in [2.75, 3.05) is 37.2 Å². The summed E-state index contributed by atoms with van der Waals surface area (Å²) < 4.78 is 41.4. The van der Waals surface area contributed by atoms with Gasteiger partial charge in [0.15, 0.2) is 11.5 Å². The molecule has 0 aliphatic heterocycles. The number of anilines is 2. The molecule has 0 spiro atoms. The lowest BCUT2D eigenvalue weighted by Crippen LogP contribution is -2.45. The highest BCUT2D eigenvalue weighted by Crippen LogP contribution is 2.33. The van der Waals surface area contributed by atoms with Gasteiger partial charge in [-0.2, -0.15) is 0 Å². The first-order valence-electron chi connectivity index (χ1n) is 8.37. The van der Waals surface area contributed by atoms with Crippen LogP contribution in [0.5, 0.6) is 17.2 Å². The van der Waals surface area contributed by atoms with Crippen LogP contribution in [0.15, 0.2) is 42.5 Å². The molecule has 8 nitrogen and oxygen atoms in total. The van der Waals surface area contributed by atoms with Crippen LogP contribution in [0.25, 0.3) is 0 Å². The minimum atomic E-state index is -3.75. The summed E-state index contributed by atoms with van der Waals surface area (Å²) in [4.78, 5) is 12.7. The van der Waals surface area contributed by atoms with Crippen molar-refractivity contribution in [3.63, 3.8) is 0 Å². The molecule has 2 aromatic carbocycles. The molecule has 28 heavy (non-hydrogen) atoms. The van der Waals surface area contributed by atoms with E-state index in [1.54, 1.807) is 43.5 Å². The van der Waals surface area contributed by atoms with Crippen LogP contribution in [0.3, 0.4) is 0 Å². The number of ether oxygens (including phenoxy) is 3. The van der Waals surface area contributed by atoms with Crippen LogP contribution in [0.4, 0.5) is 11.4 Å². The lowest BCUT2D eigenvalue weighted by Gasteiger charge is -2.28. The van der Waals surface area contributed by atoms with E-state index in [-0.39, 0.29) is 5.69 Å². The Balaban J connectivity index is 2.33. The topological polar surface area (TPSA) is 94.2 Å². The molecule has 9 heteroatoms. The second-order valence-electron chi connectivity index (χ2n) is 5.99. The van der Waals surface area contributed by atoms with E-state index in [2.05, 4.69) is 5.32 Å². The highest BCUT2D eigenvalue weighted by atomic mass is 32.2. The Morgan fingerprint density at radius 3 is 2.07 bits per heavy atom. The Morgan fingerprint density at radius 1 is 0.964 bits per heavy atom. The van der Waals surface area contributed by atoms with Gasteiger partial charge in [0.1, 0.15) is 11.8 Å². The second-order valence-corrected chi connectivity index (χ2v) is 7.85. The SMILES string of the molecule is COc1ccc(NC(=O)[C@H](C)N(c2ccc(OC)c(OC)c2)S(C)(=O)=O)cc1. The smallest absolute Gasteiger partial charge is 0.247 e. The molecule has 0 aliphatic rings. The molecule has 0 fully saturated rings. The van der Waals surface area contributed by atoms with Crippen molar-refractivity contribution in [2.24, 2.45) is 0 Å². The van der Waals surface area contributed by atoms with Crippen molar-refractivity contribution in [1.82, 2.24) is 0 Å². The predicted molar refractivity (Wildman–Crippen MR) is 108 cm³/mol. The number of sulfonamides is 1. The van der Waals surface area contributed by atoms with Crippen LogP contribution in [0.1, 0.15) is 6.92 Å². The van der Waals surface area contributed by atoms with E-state index in [4.69, 9.17) is 14.2 Å². The number of hydrogen-bond acceptors (Lipinski definition) is 6. The summed E-state index contributed by atoms with van der Waals surface area (Å²) in [6.45, 7) is 1.51. The summed E-state index contributed by atoms with van der Waals surface area (Å²) in [5, 5.41) is 2.71. The standard InChI is InChI=1S/C19H24N2O6S/c1-13(19(22)20-14-6-9-16(25-2)10-7-14)21(28(5,23)24)15-8-11-17(26-3)18(12-15)27-4/h6-13H,1-5H3,(H,20,22)/t13-/m0/s1. The monoisotopic (exact) mass is 408 g/mol. The lowest BCUT2D eigenvalue weighted by molar-refractivity contribution is -0.116. The van der Waals surface area contributed by atoms with Gasteiger partial charge in [-0.05, 0) is 43.3 Å². The third-order valence-electron chi connectivity index (χ3n) is 4.07.